The van der Waals surface area contributed by atoms with Crippen LogP contribution < -0.4 is 5.56 Å². The second-order valence-electron chi connectivity index (χ2n) is 6.80. The average molecular weight is 442 g/mol. The summed E-state index contributed by atoms with van der Waals surface area (Å²) in [5.41, 5.74) is 0.0904. The molecule has 0 amide bonds. The first kappa shape index (κ1) is 20.5. The number of rotatable bonds is 6. The molecular formula is C21H15FN2O6S. The van der Waals surface area contributed by atoms with Crippen LogP contribution in [0.25, 0.3) is 10.2 Å². The maximum absolute atomic E-state index is 14.2. The average Bonchev–Trinajstić information content (AvgIpc) is 3.31. The Morgan fingerprint density at radius 2 is 1.90 bits per heavy atom. The van der Waals surface area contributed by atoms with Gasteiger partial charge in [-0.1, -0.05) is 18.2 Å². The van der Waals surface area contributed by atoms with Crippen LogP contribution in [0.2, 0.25) is 0 Å². The molecular weight excluding hydrogens is 427 g/mol. The highest BCUT2D eigenvalue weighted by atomic mass is 32.1. The van der Waals surface area contributed by atoms with E-state index in [4.69, 9.17) is 9.52 Å². The zero-order valence-corrected chi connectivity index (χ0v) is 16.9. The van der Waals surface area contributed by atoms with Gasteiger partial charge in [0.2, 0.25) is 5.76 Å². The van der Waals surface area contributed by atoms with Gasteiger partial charge in [-0.25, -0.2) is 19.0 Å². The standard InChI is InChI=1S/C21H15FN2O6S/c1-10-16-18(31-17(10)21(28)29)23-15(8-11-4-2-3-5-13(11)22)24(19(16)25)9-12-6-7-14(30-12)20(26)27/h2-7H,8-9H2,1H3,(H,26,27)(H,28,29). The van der Waals surface area contributed by atoms with Crippen LogP contribution in [-0.4, -0.2) is 31.7 Å². The van der Waals surface area contributed by atoms with E-state index in [1.54, 1.807) is 18.2 Å². The fourth-order valence-corrected chi connectivity index (χ4v) is 4.34. The molecule has 0 radical (unpaired) electrons. The number of furan rings is 1. The summed E-state index contributed by atoms with van der Waals surface area (Å²) in [5.74, 6) is -2.77. The number of aryl methyl sites for hydroxylation is 1. The van der Waals surface area contributed by atoms with Crippen LogP contribution in [0, 0.1) is 12.7 Å². The van der Waals surface area contributed by atoms with Crippen molar-refractivity contribution in [3.8, 4) is 0 Å². The van der Waals surface area contributed by atoms with Crippen LogP contribution in [0.15, 0.2) is 45.6 Å². The Bertz CT molecular complexity index is 1400. The van der Waals surface area contributed by atoms with E-state index >= 15 is 0 Å². The first-order valence-electron chi connectivity index (χ1n) is 9.07. The molecule has 2 N–H and O–H groups in total. The fourth-order valence-electron chi connectivity index (χ4n) is 3.31. The highest BCUT2D eigenvalue weighted by Crippen LogP contribution is 2.28. The highest BCUT2D eigenvalue weighted by molar-refractivity contribution is 7.20. The van der Waals surface area contributed by atoms with Gasteiger partial charge in [-0.05, 0) is 36.2 Å². The van der Waals surface area contributed by atoms with Gasteiger partial charge < -0.3 is 14.6 Å². The number of hydrogen-bond acceptors (Lipinski definition) is 6. The third kappa shape index (κ3) is 3.73. The number of thiophene rings is 1. The van der Waals surface area contributed by atoms with E-state index in [-0.39, 0.29) is 45.4 Å². The van der Waals surface area contributed by atoms with Crippen molar-refractivity contribution in [1.82, 2.24) is 9.55 Å². The Hall–Kier alpha value is -3.79. The molecule has 0 saturated carbocycles. The number of hydrogen-bond donors (Lipinski definition) is 2. The van der Waals surface area contributed by atoms with Gasteiger partial charge in [0.25, 0.3) is 5.56 Å². The molecule has 0 bridgehead atoms. The summed E-state index contributed by atoms with van der Waals surface area (Å²) in [6.45, 7) is 1.39. The lowest BCUT2D eigenvalue weighted by atomic mass is 10.1. The van der Waals surface area contributed by atoms with Crippen LogP contribution in [0.4, 0.5) is 4.39 Å². The minimum absolute atomic E-state index is 0.000328. The van der Waals surface area contributed by atoms with Gasteiger partial charge >= 0.3 is 11.9 Å². The molecule has 0 unspecified atom stereocenters. The third-order valence-corrected chi connectivity index (χ3v) is 5.99. The zero-order chi connectivity index (χ0) is 22.3. The molecule has 0 atom stereocenters. The van der Waals surface area contributed by atoms with Crippen molar-refractivity contribution in [1.29, 1.82) is 0 Å². The van der Waals surface area contributed by atoms with Gasteiger partial charge in [0, 0.05) is 6.42 Å². The Morgan fingerprint density at radius 3 is 2.55 bits per heavy atom. The second kappa shape index (κ2) is 7.80. The maximum atomic E-state index is 14.2. The van der Waals surface area contributed by atoms with Crippen LogP contribution in [-0.2, 0) is 13.0 Å². The van der Waals surface area contributed by atoms with E-state index in [2.05, 4.69) is 4.98 Å². The predicted molar refractivity (Wildman–Crippen MR) is 110 cm³/mol. The first-order valence-corrected chi connectivity index (χ1v) is 9.89. The molecule has 4 rings (SSSR count). The Labute approximate surface area is 177 Å². The largest absolute Gasteiger partial charge is 0.477 e. The monoisotopic (exact) mass is 442 g/mol. The van der Waals surface area contributed by atoms with Crippen LogP contribution in [0.5, 0.6) is 0 Å². The van der Waals surface area contributed by atoms with Crippen LogP contribution in [0.3, 0.4) is 0 Å². The van der Waals surface area contributed by atoms with Crippen molar-refractivity contribution in [2.75, 3.05) is 0 Å². The molecule has 0 aliphatic heterocycles. The summed E-state index contributed by atoms with van der Waals surface area (Å²) in [4.78, 5) is 40.6. The van der Waals surface area contributed by atoms with Crippen molar-refractivity contribution < 1.29 is 28.6 Å². The number of benzene rings is 1. The summed E-state index contributed by atoms with van der Waals surface area (Å²) in [5, 5.41) is 18.6. The minimum Gasteiger partial charge on any atom is -0.477 e. The molecule has 0 aliphatic carbocycles. The molecule has 3 heterocycles. The normalized spacial score (nSPS) is 11.2. The number of carboxylic acid groups (broad SMARTS) is 2. The lowest BCUT2D eigenvalue weighted by Gasteiger charge is -2.12. The lowest BCUT2D eigenvalue weighted by Crippen LogP contribution is -2.26. The number of halogens is 1. The smallest absolute Gasteiger partial charge is 0.371 e. The first-order chi connectivity index (χ1) is 14.8. The number of fused-ring (bicyclic) bond motifs is 1. The van der Waals surface area contributed by atoms with E-state index in [9.17, 15) is 23.9 Å². The number of nitrogens with zero attached hydrogens (tertiary/aromatic N) is 2. The maximum Gasteiger partial charge on any atom is 0.371 e. The van der Waals surface area contributed by atoms with E-state index in [1.807, 2.05) is 0 Å². The van der Waals surface area contributed by atoms with Gasteiger partial charge in [-0.15, -0.1) is 11.3 Å². The molecule has 0 fully saturated rings. The second-order valence-corrected chi connectivity index (χ2v) is 7.80. The van der Waals surface area contributed by atoms with E-state index in [0.717, 1.165) is 11.3 Å². The molecule has 3 aromatic heterocycles. The van der Waals surface area contributed by atoms with Crippen LogP contribution >= 0.6 is 11.3 Å². The summed E-state index contributed by atoms with van der Waals surface area (Å²) in [7, 11) is 0. The lowest BCUT2D eigenvalue weighted by molar-refractivity contribution is 0.0657. The van der Waals surface area contributed by atoms with E-state index in [1.165, 1.54) is 29.7 Å². The molecule has 158 valence electrons. The quantitative estimate of drug-likeness (QED) is 0.468. The molecule has 4 aromatic rings. The van der Waals surface area contributed by atoms with Crippen molar-refractivity contribution in [3.63, 3.8) is 0 Å². The van der Waals surface area contributed by atoms with Crippen molar-refractivity contribution in [2.45, 2.75) is 19.9 Å². The SMILES string of the molecule is Cc1c(C(=O)O)sc2nc(Cc3ccccc3F)n(Cc3ccc(C(=O)O)o3)c(=O)c12. The van der Waals surface area contributed by atoms with Gasteiger partial charge in [0.1, 0.15) is 27.1 Å². The Morgan fingerprint density at radius 1 is 1.16 bits per heavy atom. The number of aromatic carboxylic acids is 2. The summed E-state index contributed by atoms with van der Waals surface area (Å²) < 4.78 is 20.8. The van der Waals surface area contributed by atoms with Crippen molar-refractivity contribution in [3.05, 3.63) is 85.9 Å². The fraction of sp³-hybridized carbons (Fsp3) is 0.143. The summed E-state index contributed by atoms with van der Waals surface area (Å²) in [6, 6.07) is 8.75. The van der Waals surface area contributed by atoms with Crippen LogP contribution in [0.1, 0.15) is 42.9 Å². The minimum atomic E-state index is -1.25. The van der Waals surface area contributed by atoms with E-state index < -0.39 is 23.3 Å². The third-order valence-electron chi connectivity index (χ3n) is 4.82. The summed E-state index contributed by atoms with van der Waals surface area (Å²) in [6.07, 6.45) is -0.0241. The van der Waals surface area contributed by atoms with Gasteiger partial charge in [0.15, 0.2) is 0 Å². The Balaban J connectivity index is 1.91. The summed E-state index contributed by atoms with van der Waals surface area (Å²) >= 11 is 0.879. The molecule has 0 aliphatic rings. The molecule has 8 nitrogen and oxygen atoms in total. The molecule has 31 heavy (non-hydrogen) atoms. The number of carbonyl (C=O) groups is 2. The molecule has 1 aromatic carbocycles. The van der Waals surface area contributed by atoms with E-state index in [0.29, 0.717) is 11.1 Å². The number of aromatic nitrogens is 2. The Kier molecular flexibility index (Phi) is 5.15. The van der Waals surface area contributed by atoms with Gasteiger partial charge in [-0.3, -0.25) is 9.36 Å². The topological polar surface area (TPSA) is 123 Å². The highest BCUT2D eigenvalue weighted by Gasteiger charge is 2.22. The molecule has 10 heteroatoms. The van der Waals surface area contributed by atoms with Gasteiger partial charge in [0.05, 0.1) is 11.9 Å². The van der Waals surface area contributed by atoms with Gasteiger partial charge in [-0.2, -0.15) is 0 Å². The predicted octanol–water partition coefficient (Wildman–Crippen LogP) is 3.53. The van der Waals surface area contributed by atoms with Crippen molar-refractivity contribution in [2.24, 2.45) is 0 Å². The zero-order valence-electron chi connectivity index (χ0n) is 16.1. The van der Waals surface area contributed by atoms with Crippen molar-refractivity contribution >= 4 is 33.5 Å². The number of carboxylic acids is 2. The molecule has 0 saturated heterocycles. The molecule has 0 spiro atoms.